The summed E-state index contributed by atoms with van der Waals surface area (Å²) in [6.45, 7) is 22.2. The Hall–Kier alpha value is 0.531. The molecule has 0 radical (unpaired) electrons. The van der Waals surface area contributed by atoms with E-state index < -0.39 is 24.7 Å². The highest BCUT2D eigenvalue weighted by molar-refractivity contribution is 6.98. The summed E-state index contributed by atoms with van der Waals surface area (Å²) >= 11 is 0. The van der Waals surface area contributed by atoms with Crippen molar-refractivity contribution in [3.63, 3.8) is 0 Å². The van der Waals surface area contributed by atoms with Gasteiger partial charge in [-0.2, -0.15) is 0 Å². The van der Waals surface area contributed by atoms with Gasteiger partial charge in [-0.1, -0.05) is 39.3 Å². The summed E-state index contributed by atoms with van der Waals surface area (Å²) in [5, 5.41) is 0. The van der Waals surface area contributed by atoms with Crippen LogP contribution in [0.3, 0.4) is 0 Å². The van der Waals surface area contributed by atoms with Gasteiger partial charge in [-0.15, -0.1) is 0 Å². The molecule has 0 aromatic heterocycles. The molecule has 0 aliphatic heterocycles. The third-order valence-corrected chi connectivity index (χ3v) is 17.9. The smallest absolute Gasteiger partial charge is 0.334 e. The highest BCUT2D eigenvalue weighted by Crippen LogP contribution is 2.35. The predicted octanol–water partition coefficient (Wildman–Crippen LogP) is 3.97. The molecule has 0 bridgehead atoms. The van der Waals surface area contributed by atoms with Crippen molar-refractivity contribution in [2.24, 2.45) is 5.73 Å². The fourth-order valence-electron chi connectivity index (χ4n) is 3.10. The number of hydrogen-bond acceptors (Lipinski definition) is 3. The third-order valence-electron chi connectivity index (χ3n) is 4.55. The van der Waals surface area contributed by atoms with E-state index in [-0.39, 0.29) is 4.79 Å². The Morgan fingerprint density at radius 1 is 0.800 bits per heavy atom. The van der Waals surface area contributed by atoms with E-state index in [0.29, 0.717) is 0 Å². The highest BCUT2D eigenvalue weighted by atomic mass is 28.4. The molecule has 3 nitrogen and oxygen atoms in total. The van der Waals surface area contributed by atoms with Crippen LogP contribution < -0.4 is 5.73 Å². The van der Waals surface area contributed by atoms with Crippen LogP contribution in [0.25, 0.3) is 0 Å². The van der Waals surface area contributed by atoms with Crippen LogP contribution in [-0.2, 0) is 8.85 Å². The predicted molar refractivity (Wildman–Crippen MR) is 97.9 cm³/mol. The van der Waals surface area contributed by atoms with Crippen LogP contribution in [0.2, 0.25) is 51.9 Å². The Morgan fingerprint density at radius 2 is 1.15 bits per heavy atom. The maximum atomic E-state index is 6.99. The topological polar surface area (TPSA) is 44.5 Å². The molecule has 0 spiro atoms. The minimum atomic E-state index is -2.05. The molecule has 0 aliphatic rings. The first-order chi connectivity index (χ1) is 8.83. The van der Waals surface area contributed by atoms with E-state index in [0.717, 1.165) is 25.7 Å². The molecule has 0 saturated heterocycles. The normalized spacial score (nSPS) is 14.7. The van der Waals surface area contributed by atoms with Gasteiger partial charge in [-0.3, -0.25) is 0 Å². The van der Waals surface area contributed by atoms with E-state index in [2.05, 4.69) is 59.7 Å². The highest BCUT2D eigenvalue weighted by Gasteiger charge is 2.50. The fourth-order valence-corrected chi connectivity index (χ4v) is 16.8. The molecule has 0 amide bonds. The van der Waals surface area contributed by atoms with Crippen LogP contribution in [-0.4, -0.2) is 42.7 Å². The summed E-state index contributed by atoms with van der Waals surface area (Å²) in [5.41, 5.74) is 6.99. The average Bonchev–Trinajstić information content (AvgIpc) is 2.23. The molecule has 2 N–H and O–H groups in total. The first-order valence-corrected chi connectivity index (χ1v) is 17.4. The Kier molecular flexibility index (Phi) is 7.39. The minimum Gasteiger partial charge on any atom is -0.395 e. The van der Waals surface area contributed by atoms with Gasteiger partial charge < -0.3 is 14.6 Å². The van der Waals surface area contributed by atoms with Crippen LogP contribution in [0, 0.1) is 0 Å². The van der Waals surface area contributed by atoms with Gasteiger partial charge in [0, 0.05) is 18.0 Å². The minimum absolute atomic E-state index is 0.0302. The monoisotopic (exact) mass is 335 g/mol. The first kappa shape index (κ1) is 20.5. The summed E-state index contributed by atoms with van der Waals surface area (Å²) in [5.74, 6) is 0. The molecule has 0 aliphatic carbocycles. The Morgan fingerprint density at radius 3 is 1.40 bits per heavy atom. The van der Waals surface area contributed by atoms with Crippen LogP contribution in [0.4, 0.5) is 0 Å². The maximum absolute atomic E-state index is 6.99. The van der Waals surface area contributed by atoms with Crippen molar-refractivity contribution in [2.75, 3.05) is 13.2 Å². The average molecular weight is 336 g/mol. The van der Waals surface area contributed by atoms with Gasteiger partial charge in [-0.05, 0) is 32.9 Å². The van der Waals surface area contributed by atoms with Crippen LogP contribution in [0.1, 0.15) is 20.3 Å². The zero-order valence-corrected chi connectivity index (χ0v) is 18.2. The van der Waals surface area contributed by atoms with Crippen molar-refractivity contribution in [1.82, 2.24) is 0 Å². The van der Waals surface area contributed by atoms with Crippen molar-refractivity contribution in [3.05, 3.63) is 0 Å². The van der Waals surface area contributed by atoms with E-state index >= 15 is 0 Å². The van der Waals surface area contributed by atoms with Gasteiger partial charge in [-0.25, -0.2) is 0 Å². The molecule has 0 rings (SSSR count). The lowest BCUT2D eigenvalue weighted by Gasteiger charge is -2.50. The lowest BCUT2D eigenvalue weighted by atomic mass is 10.5. The standard InChI is InChI=1S/C14H37NO2Si3/c1-10-16-20(9,17-11-2)13-12-14(15,18(3,4)5)19(6,7)8/h10-13,15H2,1-9H3. The van der Waals surface area contributed by atoms with Crippen LogP contribution in [0.15, 0.2) is 0 Å². The zero-order chi connectivity index (χ0) is 16.2. The van der Waals surface area contributed by atoms with Crippen LogP contribution >= 0.6 is 0 Å². The van der Waals surface area contributed by atoms with Gasteiger partial charge in [0.1, 0.15) is 0 Å². The van der Waals surface area contributed by atoms with Crippen molar-refractivity contribution in [1.29, 1.82) is 0 Å². The molecule has 0 atom stereocenters. The molecule has 0 fully saturated rings. The van der Waals surface area contributed by atoms with Crippen molar-refractivity contribution in [3.8, 4) is 0 Å². The third kappa shape index (κ3) is 5.07. The molecule has 6 heteroatoms. The van der Waals surface area contributed by atoms with E-state index in [4.69, 9.17) is 14.6 Å². The molecule has 122 valence electrons. The Bertz CT molecular complexity index is 278. The van der Waals surface area contributed by atoms with E-state index in [1.807, 2.05) is 0 Å². The zero-order valence-electron chi connectivity index (χ0n) is 15.2. The largest absolute Gasteiger partial charge is 0.395 e. The maximum Gasteiger partial charge on any atom is 0.334 e. The number of hydrogen-bond donors (Lipinski definition) is 1. The summed E-state index contributed by atoms with van der Waals surface area (Å²) in [4.78, 5) is 0.0302. The van der Waals surface area contributed by atoms with E-state index in [9.17, 15) is 0 Å². The summed E-state index contributed by atoms with van der Waals surface area (Å²) in [7, 11) is -4.94. The lowest BCUT2D eigenvalue weighted by molar-refractivity contribution is 0.187. The Labute approximate surface area is 129 Å². The number of rotatable bonds is 9. The summed E-state index contributed by atoms with van der Waals surface area (Å²) in [6, 6.07) is 1.01. The van der Waals surface area contributed by atoms with Gasteiger partial charge in [0.2, 0.25) is 0 Å². The summed E-state index contributed by atoms with van der Waals surface area (Å²) in [6.07, 6.45) is 1.06. The molecule has 0 aromatic rings. The van der Waals surface area contributed by atoms with Crippen LogP contribution in [0.5, 0.6) is 0 Å². The van der Waals surface area contributed by atoms with Gasteiger partial charge in [0.25, 0.3) is 0 Å². The molecular formula is C14H37NO2Si3. The van der Waals surface area contributed by atoms with Gasteiger partial charge in [0.15, 0.2) is 0 Å². The fraction of sp³-hybridized carbons (Fsp3) is 1.00. The number of nitrogens with two attached hydrogens (primary N) is 1. The quantitative estimate of drug-likeness (QED) is 0.648. The van der Waals surface area contributed by atoms with Gasteiger partial charge >= 0.3 is 8.56 Å². The second-order valence-electron chi connectivity index (χ2n) is 7.97. The molecule has 20 heavy (non-hydrogen) atoms. The summed E-state index contributed by atoms with van der Waals surface area (Å²) < 4.78 is 12.0. The molecular weight excluding hydrogens is 298 g/mol. The van der Waals surface area contributed by atoms with Crippen molar-refractivity contribution in [2.45, 2.75) is 76.9 Å². The SMILES string of the molecule is CCO[Si](C)(CCC(N)([Si](C)(C)C)[Si](C)(C)C)OCC. The van der Waals surface area contributed by atoms with Crippen molar-refractivity contribution < 1.29 is 8.85 Å². The first-order valence-electron chi connectivity index (χ1n) is 7.90. The molecule has 0 aromatic carbocycles. The molecule has 0 saturated carbocycles. The van der Waals surface area contributed by atoms with E-state index in [1.54, 1.807) is 0 Å². The van der Waals surface area contributed by atoms with E-state index in [1.165, 1.54) is 0 Å². The van der Waals surface area contributed by atoms with Crippen molar-refractivity contribution >= 4 is 24.7 Å². The second-order valence-corrected chi connectivity index (χ2v) is 22.6. The van der Waals surface area contributed by atoms with Gasteiger partial charge in [0.05, 0.1) is 16.1 Å². The molecule has 0 heterocycles. The lowest BCUT2D eigenvalue weighted by Crippen LogP contribution is -2.72. The second kappa shape index (κ2) is 7.19. The molecule has 0 unspecified atom stereocenters. The Balaban J connectivity index is 5.12.